The van der Waals surface area contributed by atoms with Gasteiger partial charge in [-0.15, -0.1) is 0 Å². The number of carbonyl (C=O) groups excluding carboxylic acids is 2. The van der Waals surface area contributed by atoms with Crippen LogP contribution in [-0.2, 0) is 20.7 Å². The number of piperidine rings is 1. The molecule has 1 heterocycles. The molecule has 0 bridgehead atoms. The van der Waals surface area contributed by atoms with Gasteiger partial charge in [0.2, 0.25) is 6.10 Å². The monoisotopic (exact) mass is 441 g/mol. The lowest BCUT2D eigenvalue weighted by atomic mass is 9.90. The standard InChI is InChI=1S/C29H31NO3/c1-22(31)33-28(27-10-6-3-7-11-27)29(32)30-20-18-24(19-21-30)13-12-23-14-16-26(17-15-23)25-8-4-2-5-9-25/h2-11,14-17,24,28H,12-13,18-21H2,1H3/t28-/m1/s1. The Kier molecular flexibility index (Phi) is 7.56. The average Bonchev–Trinajstić information content (AvgIpc) is 2.87. The van der Waals surface area contributed by atoms with E-state index in [2.05, 4.69) is 48.5 Å². The Balaban J connectivity index is 1.28. The van der Waals surface area contributed by atoms with E-state index in [0.29, 0.717) is 19.0 Å². The minimum atomic E-state index is -0.858. The predicted molar refractivity (Wildman–Crippen MR) is 130 cm³/mol. The molecule has 0 unspecified atom stereocenters. The second kappa shape index (κ2) is 11.0. The molecule has 0 aliphatic carbocycles. The fraction of sp³-hybridized carbons (Fsp3) is 0.310. The number of esters is 1. The summed E-state index contributed by atoms with van der Waals surface area (Å²) in [7, 11) is 0. The molecule has 0 saturated carbocycles. The first-order chi connectivity index (χ1) is 16.1. The summed E-state index contributed by atoms with van der Waals surface area (Å²) in [5.74, 6) is 0.0449. The van der Waals surface area contributed by atoms with Crippen molar-refractivity contribution in [2.24, 2.45) is 5.92 Å². The Bertz CT molecular complexity index is 1040. The maximum absolute atomic E-state index is 13.1. The quantitative estimate of drug-likeness (QED) is 0.434. The average molecular weight is 442 g/mol. The van der Waals surface area contributed by atoms with Gasteiger partial charge < -0.3 is 9.64 Å². The van der Waals surface area contributed by atoms with Gasteiger partial charge >= 0.3 is 5.97 Å². The minimum absolute atomic E-state index is 0.119. The van der Waals surface area contributed by atoms with E-state index in [1.807, 2.05) is 41.3 Å². The summed E-state index contributed by atoms with van der Waals surface area (Å²) in [6.07, 6.45) is 3.28. The Labute approximate surface area is 196 Å². The van der Waals surface area contributed by atoms with Crippen LogP contribution in [0.4, 0.5) is 0 Å². The number of benzene rings is 3. The second-order valence-electron chi connectivity index (χ2n) is 8.77. The van der Waals surface area contributed by atoms with Crippen LogP contribution in [-0.4, -0.2) is 29.9 Å². The molecule has 1 atom stereocenters. The Morgan fingerprint density at radius 3 is 2.03 bits per heavy atom. The molecule has 33 heavy (non-hydrogen) atoms. The van der Waals surface area contributed by atoms with Crippen molar-refractivity contribution in [2.45, 2.75) is 38.7 Å². The first kappa shape index (κ1) is 22.8. The molecule has 1 fully saturated rings. The SMILES string of the molecule is CC(=O)O[C@@H](C(=O)N1CCC(CCc2ccc(-c3ccccc3)cc2)CC1)c1ccccc1. The van der Waals surface area contributed by atoms with Crippen molar-refractivity contribution in [3.8, 4) is 11.1 Å². The molecule has 0 spiro atoms. The van der Waals surface area contributed by atoms with Gasteiger partial charge in [0.05, 0.1) is 0 Å². The van der Waals surface area contributed by atoms with Crippen molar-refractivity contribution in [3.05, 3.63) is 96.1 Å². The van der Waals surface area contributed by atoms with E-state index in [0.717, 1.165) is 31.2 Å². The van der Waals surface area contributed by atoms with Crippen molar-refractivity contribution >= 4 is 11.9 Å². The van der Waals surface area contributed by atoms with Crippen LogP contribution in [0.5, 0.6) is 0 Å². The van der Waals surface area contributed by atoms with Gasteiger partial charge in [-0.25, -0.2) is 0 Å². The number of nitrogens with zero attached hydrogens (tertiary/aromatic N) is 1. The molecule has 1 aliphatic rings. The fourth-order valence-electron chi connectivity index (χ4n) is 4.53. The third kappa shape index (κ3) is 6.10. The van der Waals surface area contributed by atoms with Gasteiger partial charge in [0.1, 0.15) is 0 Å². The normalized spacial score (nSPS) is 15.1. The molecule has 1 saturated heterocycles. The van der Waals surface area contributed by atoms with Gasteiger partial charge in [-0.2, -0.15) is 0 Å². The first-order valence-corrected chi connectivity index (χ1v) is 11.8. The van der Waals surface area contributed by atoms with Crippen LogP contribution in [0.25, 0.3) is 11.1 Å². The Hall–Kier alpha value is -3.40. The number of amides is 1. The van der Waals surface area contributed by atoms with Crippen LogP contribution in [0.1, 0.15) is 43.4 Å². The highest BCUT2D eigenvalue weighted by Gasteiger charge is 2.31. The van der Waals surface area contributed by atoms with E-state index in [9.17, 15) is 9.59 Å². The van der Waals surface area contributed by atoms with E-state index in [-0.39, 0.29) is 5.91 Å². The van der Waals surface area contributed by atoms with E-state index < -0.39 is 12.1 Å². The number of hydrogen-bond donors (Lipinski definition) is 0. The molecule has 0 aromatic heterocycles. The molecular formula is C29H31NO3. The number of likely N-dealkylation sites (tertiary alicyclic amines) is 1. The summed E-state index contributed by atoms with van der Waals surface area (Å²) in [6.45, 7) is 2.77. The molecule has 1 aliphatic heterocycles. The van der Waals surface area contributed by atoms with E-state index in [4.69, 9.17) is 4.74 Å². The maximum Gasteiger partial charge on any atom is 0.303 e. The number of hydrogen-bond acceptors (Lipinski definition) is 3. The van der Waals surface area contributed by atoms with Crippen molar-refractivity contribution in [3.63, 3.8) is 0 Å². The summed E-state index contributed by atoms with van der Waals surface area (Å²) in [4.78, 5) is 26.6. The summed E-state index contributed by atoms with van der Waals surface area (Å²) >= 11 is 0. The Morgan fingerprint density at radius 1 is 0.848 bits per heavy atom. The largest absolute Gasteiger partial charge is 0.447 e. The van der Waals surface area contributed by atoms with Crippen molar-refractivity contribution in [2.75, 3.05) is 13.1 Å². The lowest BCUT2D eigenvalue weighted by Gasteiger charge is -2.34. The van der Waals surface area contributed by atoms with Crippen LogP contribution >= 0.6 is 0 Å². The van der Waals surface area contributed by atoms with Crippen LogP contribution in [0, 0.1) is 5.92 Å². The summed E-state index contributed by atoms with van der Waals surface area (Å²) in [5.41, 5.74) is 4.56. The third-order valence-corrected chi connectivity index (χ3v) is 6.44. The lowest BCUT2D eigenvalue weighted by Crippen LogP contribution is -2.42. The van der Waals surface area contributed by atoms with Gasteiger partial charge in [-0.1, -0.05) is 84.9 Å². The predicted octanol–water partition coefficient (Wildman–Crippen LogP) is 5.83. The zero-order valence-electron chi connectivity index (χ0n) is 19.2. The molecule has 0 N–H and O–H groups in total. The van der Waals surface area contributed by atoms with Gasteiger partial charge in [0.25, 0.3) is 5.91 Å². The van der Waals surface area contributed by atoms with Crippen LogP contribution < -0.4 is 0 Å². The van der Waals surface area contributed by atoms with Gasteiger partial charge in [0.15, 0.2) is 0 Å². The maximum atomic E-state index is 13.1. The summed E-state index contributed by atoms with van der Waals surface area (Å²) in [5, 5.41) is 0. The highest BCUT2D eigenvalue weighted by Crippen LogP contribution is 2.27. The zero-order valence-corrected chi connectivity index (χ0v) is 19.2. The van der Waals surface area contributed by atoms with Gasteiger partial charge in [-0.3, -0.25) is 9.59 Å². The molecule has 4 nitrogen and oxygen atoms in total. The van der Waals surface area contributed by atoms with Crippen molar-refractivity contribution in [1.29, 1.82) is 0 Å². The zero-order chi connectivity index (χ0) is 23.0. The Morgan fingerprint density at radius 2 is 1.42 bits per heavy atom. The summed E-state index contributed by atoms with van der Waals surface area (Å²) < 4.78 is 5.40. The first-order valence-electron chi connectivity index (χ1n) is 11.8. The van der Waals surface area contributed by atoms with Gasteiger partial charge in [0, 0.05) is 25.6 Å². The molecule has 4 heteroatoms. The minimum Gasteiger partial charge on any atom is -0.447 e. The van der Waals surface area contributed by atoms with Gasteiger partial charge in [-0.05, 0) is 48.3 Å². The van der Waals surface area contributed by atoms with Crippen molar-refractivity contribution in [1.82, 2.24) is 4.90 Å². The number of carbonyl (C=O) groups is 2. The molecule has 3 aromatic rings. The second-order valence-corrected chi connectivity index (χ2v) is 8.77. The molecular weight excluding hydrogens is 410 g/mol. The number of rotatable bonds is 7. The van der Waals surface area contributed by atoms with Crippen LogP contribution in [0.15, 0.2) is 84.9 Å². The molecule has 0 radical (unpaired) electrons. The molecule has 3 aromatic carbocycles. The summed E-state index contributed by atoms with van der Waals surface area (Å²) in [6, 6.07) is 28.6. The fourth-order valence-corrected chi connectivity index (χ4v) is 4.53. The van der Waals surface area contributed by atoms with E-state index in [1.54, 1.807) is 0 Å². The smallest absolute Gasteiger partial charge is 0.303 e. The van der Waals surface area contributed by atoms with Crippen LogP contribution in [0.2, 0.25) is 0 Å². The molecule has 1 amide bonds. The van der Waals surface area contributed by atoms with E-state index >= 15 is 0 Å². The highest BCUT2D eigenvalue weighted by molar-refractivity contribution is 5.84. The highest BCUT2D eigenvalue weighted by atomic mass is 16.5. The topological polar surface area (TPSA) is 46.6 Å². The number of aryl methyl sites for hydroxylation is 1. The van der Waals surface area contributed by atoms with E-state index in [1.165, 1.54) is 23.6 Å². The lowest BCUT2D eigenvalue weighted by molar-refractivity contribution is -0.160. The molecule has 4 rings (SSSR count). The number of ether oxygens (including phenoxy) is 1. The van der Waals surface area contributed by atoms with Crippen molar-refractivity contribution < 1.29 is 14.3 Å². The molecule has 170 valence electrons. The van der Waals surface area contributed by atoms with Crippen LogP contribution in [0.3, 0.4) is 0 Å². The third-order valence-electron chi connectivity index (χ3n) is 6.44.